The van der Waals surface area contributed by atoms with Crippen molar-refractivity contribution in [2.45, 2.75) is 6.42 Å². The molecule has 0 fully saturated rings. The van der Waals surface area contributed by atoms with Crippen molar-refractivity contribution in [3.63, 3.8) is 0 Å². The topological polar surface area (TPSA) is 78.3 Å². The molecule has 0 bridgehead atoms. The number of hydrogen-bond donors (Lipinski definition) is 1. The zero-order valence-electron chi connectivity index (χ0n) is 15.9. The van der Waals surface area contributed by atoms with E-state index in [1.165, 1.54) is 0 Å². The number of carbonyl (C=O) groups excluding carboxylic acids is 1. The van der Waals surface area contributed by atoms with Crippen molar-refractivity contribution in [3.8, 4) is 16.9 Å². The number of rotatable bonds is 10. The standard InChI is InChI=1S/C21H24N4O3/c1-27-13-14-28-12-6-11-23-21(26)19-16-25(18-8-3-2-4-9-18)24-20(19)17-7-5-10-22-15-17/h2-5,7-10,15-16H,6,11-14H2,1H3,(H,23,26). The lowest BCUT2D eigenvalue weighted by molar-refractivity contribution is 0.0688. The predicted octanol–water partition coefficient (Wildman–Crippen LogP) is 2.72. The van der Waals surface area contributed by atoms with Crippen LogP contribution in [0.4, 0.5) is 0 Å². The van der Waals surface area contributed by atoms with Gasteiger partial charge in [0.25, 0.3) is 5.91 Å². The SMILES string of the molecule is COCCOCCCNC(=O)c1cn(-c2ccccc2)nc1-c1cccnc1. The number of ether oxygens (including phenoxy) is 2. The fraction of sp³-hybridized carbons (Fsp3) is 0.286. The molecule has 3 rings (SSSR count). The Hall–Kier alpha value is -3.03. The Morgan fingerprint density at radius 2 is 1.96 bits per heavy atom. The molecule has 2 aromatic heterocycles. The number of aromatic nitrogens is 3. The molecule has 146 valence electrons. The van der Waals surface area contributed by atoms with Crippen LogP contribution in [0, 0.1) is 0 Å². The van der Waals surface area contributed by atoms with Crippen LogP contribution in [0.1, 0.15) is 16.8 Å². The van der Waals surface area contributed by atoms with Crippen molar-refractivity contribution < 1.29 is 14.3 Å². The second-order valence-electron chi connectivity index (χ2n) is 6.13. The van der Waals surface area contributed by atoms with Crippen LogP contribution in [-0.4, -0.2) is 54.1 Å². The Morgan fingerprint density at radius 3 is 2.71 bits per heavy atom. The molecule has 2 heterocycles. The van der Waals surface area contributed by atoms with Gasteiger partial charge in [-0.1, -0.05) is 18.2 Å². The second-order valence-corrected chi connectivity index (χ2v) is 6.13. The van der Waals surface area contributed by atoms with Crippen molar-refractivity contribution in [2.75, 3.05) is 33.5 Å². The maximum absolute atomic E-state index is 12.8. The van der Waals surface area contributed by atoms with E-state index in [9.17, 15) is 4.79 Å². The third kappa shape index (κ3) is 5.25. The van der Waals surface area contributed by atoms with Gasteiger partial charge in [-0.15, -0.1) is 0 Å². The first-order chi connectivity index (χ1) is 13.8. The summed E-state index contributed by atoms with van der Waals surface area (Å²) in [5.74, 6) is -0.169. The van der Waals surface area contributed by atoms with Crippen LogP contribution in [0.25, 0.3) is 16.9 Å². The molecule has 0 unspecified atom stereocenters. The Balaban J connectivity index is 1.71. The second kappa shape index (κ2) is 10.3. The van der Waals surface area contributed by atoms with Gasteiger partial charge in [0.2, 0.25) is 0 Å². The average molecular weight is 380 g/mol. The number of para-hydroxylation sites is 1. The van der Waals surface area contributed by atoms with E-state index in [0.717, 1.165) is 17.7 Å². The first-order valence-electron chi connectivity index (χ1n) is 9.20. The van der Waals surface area contributed by atoms with Gasteiger partial charge in [0.05, 0.1) is 24.5 Å². The molecule has 3 aromatic rings. The van der Waals surface area contributed by atoms with Gasteiger partial charge < -0.3 is 14.8 Å². The van der Waals surface area contributed by atoms with Crippen molar-refractivity contribution >= 4 is 5.91 Å². The molecular weight excluding hydrogens is 356 g/mol. The van der Waals surface area contributed by atoms with Gasteiger partial charge >= 0.3 is 0 Å². The van der Waals surface area contributed by atoms with E-state index in [0.29, 0.717) is 37.6 Å². The maximum atomic E-state index is 12.8. The molecular formula is C21H24N4O3. The molecule has 0 atom stereocenters. The number of benzene rings is 1. The van der Waals surface area contributed by atoms with Gasteiger partial charge in [-0.25, -0.2) is 4.68 Å². The van der Waals surface area contributed by atoms with Crippen molar-refractivity contribution in [3.05, 3.63) is 66.6 Å². The quantitative estimate of drug-likeness (QED) is 0.547. The van der Waals surface area contributed by atoms with Crippen LogP contribution in [-0.2, 0) is 9.47 Å². The highest BCUT2D eigenvalue weighted by molar-refractivity contribution is 5.99. The molecule has 7 nitrogen and oxygen atoms in total. The van der Waals surface area contributed by atoms with Crippen LogP contribution in [0.15, 0.2) is 61.1 Å². The maximum Gasteiger partial charge on any atom is 0.255 e. The van der Waals surface area contributed by atoms with E-state index in [4.69, 9.17) is 9.47 Å². The highest BCUT2D eigenvalue weighted by atomic mass is 16.5. The molecule has 0 saturated carbocycles. The summed E-state index contributed by atoms with van der Waals surface area (Å²) in [6.07, 6.45) is 5.88. The van der Waals surface area contributed by atoms with Gasteiger partial charge in [-0.3, -0.25) is 9.78 Å². The molecule has 28 heavy (non-hydrogen) atoms. The van der Waals surface area contributed by atoms with Crippen LogP contribution < -0.4 is 5.32 Å². The van der Waals surface area contributed by atoms with Gasteiger partial charge in [0.15, 0.2) is 0 Å². The zero-order valence-corrected chi connectivity index (χ0v) is 15.9. The summed E-state index contributed by atoms with van der Waals surface area (Å²) in [4.78, 5) is 16.9. The lowest BCUT2D eigenvalue weighted by atomic mass is 10.1. The third-order valence-corrected chi connectivity index (χ3v) is 4.10. The largest absolute Gasteiger partial charge is 0.382 e. The molecule has 0 spiro atoms. The van der Waals surface area contributed by atoms with E-state index in [-0.39, 0.29) is 5.91 Å². The van der Waals surface area contributed by atoms with Crippen molar-refractivity contribution in [1.29, 1.82) is 0 Å². The molecule has 0 aliphatic carbocycles. The summed E-state index contributed by atoms with van der Waals surface area (Å²) in [7, 11) is 1.64. The fourth-order valence-electron chi connectivity index (χ4n) is 2.68. The van der Waals surface area contributed by atoms with E-state index >= 15 is 0 Å². The number of nitrogens with zero attached hydrogens (tertiary/aromatic N) is 3. The van der Waals surface area contributed by atoms with Gasteiger partial charge in [0, 0.05) is 44.4 Å². The Labute approximate surface area is 164 Å². The number of amides is 1. The molecule has 0 saturated heterocycles. The van der Waals surface area contributed by atoms with Crippen molar-refractivity contribution in [1.82, 2.24) is 20.1 Å². The van der Waals surface area contributed by atoms with Crippen LogP contribution >= 0.6 is 0 Å². The Kier molecular flexibility index (Phi) is 7.29. The van der Waals surface area contributed by atoms with Gasteiger partial charge in [-0.05, 0) is 30.7 Å². The molecule has 7 heteroatoms. The number of methoxy groups -OCH3 is 1. The number of nitrogens with one attached hydrogen (secondary N) is 1. The Morgan fingerprint density at radius 1 is 1.11 bits per heavy atom. The summed E-state index contributed by atoms with van der Waals surface area (Å²) in [5, 5.41) is 7.57. The highest BCUT2D eigenvalue weighted by Crippen LogP contribution is 2.23. The minimum Gasteiger partial charge on any atom is -0.382 e. The minimum absolute atomic E-state index is 0.169. The molecule has 0 aliphatic rings. The molecule has 1 aromatic carbocycles. The number of hydrogen-bond acceptors (Lipinski definition) is 5. The summed E-state index contributed by atoms with van der Waals surface area (Å²) < 4.78 is 12.1. The normalized spacial score (nSPS) is 10.8. The third-order valence-electron chi connectivity index (χ3n) is 4.10. The number of carbonyl (C=O) groups is 1. The molecule has 0 aliphatic heterocycles. The van der Waals surface area contributed by atoms with Gasteiger partial charge in [-0.2, -0.15) is 5.10 Å². The van der Waals surface area contributed by atoms with Crippen LogP contribution in [0.5, 0.6) is 0 Å². The Bertz CT molecular complexity index is 866. The lowest BCUT2D eigenvalue weighted by Gasteiger charge is -2.06. The van der Waals surface area contributed by atoms with E-state index < -0.39 is 0 Å². The first kappa shape index (κ1) is 19.7. The fourth-order valence-corrected chi connectivity index (χ4v) is 2.68. The minimum atomic E-state index is -0.169. The van der Waals surface area contributed by atoms with Gasteiger partial charge in [0.1, 0.15) is 5.69 Å². The zero-order chi connectivity index (χ0) is 19.6. The molecule has 1 amide bonds. The monoisotopic (exact) mass is 380 g/mol. The van der Waals surface area contributed by atoms with E-state index in [2.05, 4.69) is 15.4 Å². The number of pyridine rings is 1. The van der Waals surface area contributed by atoms with Crippen LogP contribution in [0.3, 0.4) is 0 Å². The molecule has 1 N–H and O–H groups in total. The van der Waals surface area contributed by atoms with Crippen LogP contribution in [0.2, 0.25) is 0 Å². The molecule has 0 radical (unpaired) electrons. The summed E-state index contributed by atoms with van der Waals surface area (Å²) in [6.45, 7) is 2.22. The highest BCUT2D eigenvalue weighted by Gasteiger charge is 2.18. The van der Waals surface area contributed by atoms with E-state index in [1.807, 2.05) is 42.5 Å². The van der Waals surface area contributed by atoms with E-state index in [1.54, 1.807) is 30.4 Å². The summed E-state index contributed by atoms with van der Waals surface area (Å²) in [6, 6.07) is 13.4. The smallest absolute Gasteiger partial charge is 0.255 e. The first-order valence-corrected chi connectivity index (χ1v) is 9.20. The lowest BCUT2D eigenvalue weighted by Crippen LogP contribution is -2.25. The average Bonchev–Trinajstić information content (AvgIpc) is 3.20. The van der Waals surface area contributed by atoms with Crippen molar-refractivity contribution in [2.24, 2.45) is 0 Å². The summed E-state index contributed by atoms with van der Waals surface area (Å²) >= 11 is 0. The summed E-state index contributed by atoms with van der Waals surface area (Å²) in [5.41, 5.74) is 2.80. The predicted molar refractivity (Wildman–Crippen MR) is 106 cm³/mol.